The van der Waals surface area contributed by atoms with Crippen LogP contribution in [0.2, 0.25) is 0 Å². The second-order valence-corrected chi connectivity index (χ2v) is 9.87. The third-order valence-electron chi connectivity index (χ3n) is 7.62. The zero-order valence-electron chi connectivity index (χ0n) is 19.8. The third kappa shape index (κ3) is 4.51. The number of aromatic nitrogens is 2. The van der Waals surface area contributed by atoms with Crippen molar-refractivity contribution >= 4 is 12.0 Å². The van der Waals surface area contributed by atoms with Gasteiger partial charge in [-0.1, -0.05) is 25.8 Å². The van der Waals surface area contributed by atoms with Crippen LogP contribution in [0.1, 0.15) is 57.2 Å². The van der Waals surface area contributed by atoms with E-state index in [4.69, 9.17) is 0 Å². The Bertz CT molecular complexity index is 1070. The molecule has 1 amide bonds. The van der Waals surface area contributed by atoms with E-state index in [1.807, 2.05) is 0 Å². The predicted octanol–water partition coefficient (Wildman–Crippen LogP) is 6.19. The Hall–Kier alpha value is -2.64. The van der Waals surface area contributed by atoms with Crippen LogP contribution in [0.4, 0.5) is 17.6 Å². The lowest BCUT2D eigenvalue weighted by Crippen LogP contribution is -2.42. The first-order valence-electron chi connectivity index (χ1n) is 11.9. The lowest BCUT2D eigenvalue weighted by atomic mass is 9.69. The first-order valence-corrected chi connectivity index (χ1v) is 11.9. The van der Waals surface area contributed by atoms with Crippen molar-refractivity contribution in [3.05, 3.63) is 53.1 Å². The summed E-state index contributed by atoms with van der Waals surface area (Å²) in [5.41, 5.74) is 3.49. The van der Waals surface area contributed by atoms with E-state index in [-0.39, 0.29) is 42.4 Å². The molecule has 184 valence electrons. The van der Waals surface area contributed by atoms with Gasteiger partial charge in [-0.05, 0) is 68.0 Å². The summed E-state index contributed by atoms with van der Waals surface area (Å²) in [7, 11) is 1.62. The second-order valence-electron chi connectivity index (χ2n) is 9.87. The van der Waals surface area contributed by atoms with Gasteiger partial charge in [0.2, 0.25) is 5.91 Å². The molecule has 0 aliphatic heterocycles. The molecule has 3 atom stereocenters. The summed E-state index contributed by atoms with van der Waals surface area (Å²) in [5.74, 6) is -2.05. The summed E-state index contributed by atoms with van der Waals surface area (Å²) < 4.78 is 55.0. The quantitative estimate of drug-likeness (QED) is 0.446. The minimum Gasteiger partial charge on any atom is -0.345 e. The van der Waals surface area contributed by atoms with Crippen molar-refractivity contribution < 1.29 is 22.4 Å². The van der Waals surface area contributed by atoms with Crippen LogP contribution >= 0.6 is 0 Å². The van der Waals surface area contributed by atoms with E-state index in [9.17, 15) is 22.4 Å². The number of nitrogens with zero attached hydrogens (tertiary/aromatic N) is 3. The van der Waals surface area contributed by atoms with Gasteiger partial charge in [-0.3, -0.25) is 4.79 Å². The van der Waals surface area contributed by atoms with Crippen molar-refractivity contribution in [3.63, 3.8) is 0 Å². The lowest BCUT2D eigenvalue weighted by Gasteiger charge is -2.37. The smallest absolute Gasteiger partial charge is 0.345 e. The van der Waals surface area contributed by atoms with Crippen molar-refractivity contribution in [3.8, 4) is 5.69 Å². The average Bonchev–Trinajstić information content (AvgIpc) is 3.33. The number of rotatable bonds is 7. The Labute approximate surface area is 197 Å². The van der Waals surface area contributed by atoms with E-state index in [1.165, 1.54) is 17.0 Å². The zero-order chi connectivity index (χ0) is 24.7. The highest BCUT2D eigenvalue weighted by molar-refractivity contribution is 5.82. The molecule has 0 spiro atoms. The number of allylic oxidation sites excluding steroid dienone is 1. The van der Waals surface area contributed by atoms with Crippen LogP contribution in [-0.2, 0) is 11.2 Å². The molecular weight excluding hydrogens is 446 g/mol. The summed E-state index contributed by atoms with van der Waals surface area (Å²) in [5, 5.41) is 4.50. The Morgan fingerprint density at radius 1 is 1.26 bits per heavy atom. The summed E-state index contributed by atoms with van der Waals surface area (Å²) in [4.78, 5) is 14.8. The molecule has 1 fully saturated rings. The van der Waals surface area contributed by atoms with E-state index in [2.05, 4.69) is 18.1 Å². The highest BCUT2D eigenvalue weighted by atomic mass is 19.4. The van der Waals surface area contributed by atoms with Crippen molar-refractivity contribution in [2.75, 3.05) is 13.6 Å². The molecule has 1 heterocycles. The summed E-state index contributed by atoms with van der Waals surface area (Å²) in [6.07, 6.45) is 2.20. The van der Waals surface area contributed by atoms with E-state index in [0.29, 0.717) is 19.3 Å². The number of carbonyl (C=O) groups is 1. The van der Waals surface area contributed by atoms with Crippen LogP contribution in [-0.4, -0.2) is 40.4 Å². The maximum Gasteiger partial charge on any atom is 0.391 e. The lowest BCUT2D eigenvalue weighted by molar-refractivity contribution is -0.179. The number of benzene rings is 1. The number of alkyl halides is 3. The molecule has 0 saturated heterocycles. The summed E-state index contributed by atoms with van der Waals surface area (Å²) in [6.45, 7) is 3.93. The van der Waals surface area contributed by atoms with Gasteiger partial charge in [0.1, 0.15) is 5.82 Å². The molecule has 4 rings (SSSR count). The van der Waals surface area contributed by atoms with Gasteiger partial charge in [-0.15, -0.1) is 0 Å². The second kappa shape index (κ2) is 9.19. The Balaban J connectivity index is 1.50. The van der Waals surface area contributed by atoms with Crippen LogP contribution in [0.15, 0.2) is 36.0 Å². The predicted molar refractivity (Wildman–Crippen MR) is 123 cm³/mol. The number of fused-ring (bicyclic) bond motifs is 2. The molecule has 0 bridgehead atoms. The fraction of sp³-hybridized carbons (Fsp3) is 0.538. The highest BCUT2D eigenvalue weighted by Crippen LogP contribution is 2.53. The Kier molecular flexibility index (Phi) is 6.62. The molecule has 2 aromatic rings. The van der Waals surface area contributed by atoms with Gasteiger partial charge < -0.3 is 4.90 Å². The van der Waals surface area contributed by atoms with Crippen molar-refractivity contribution in [2.45, 2.75) is 58.5 Å². The van der Waals surface area contributed by atoms with Gasteiger partial charge >= 0.3 is 6.18 Å². The van der Waals surface area contributed by atoms with Crippen molar-refractivity contribution in [1.82, 2.24) is 14.7 Å². The van der Waals surface area contributed by atoms with E-state index in [0.717, 1.165) is 28.9 Å². The molecule has 2 aliphatic carbocycles. The molecule has 1 aromatic heterocycles. The largest absolute Gasteiger partial charge is 0.391 e. The Morgan fingerprint density at radius 3 is 2.62 bits per heavy atom. The fourth-order valence-corrected chi connectivity index (χ4v) is 5.57. The van der Waals surface area contributed by atoms with Crippen LogP contribution in [0.25, 0.3) is 11.8 Å². The first-order chi connectivity index (χ1) is 16.0. The zero-order valence-corrected chi connectivity index (χ0v) is 19.8. The van der Waals surface area contributed by atoms with Crippen molar-refractivity contribution in [1.29, 1.82) is 0 Å². The molecule has 34 heavy (non-hydrogen) atoms. The topological polar surface area (TPSA) is 38.1 Å². The molecule has 0 radical (unpaired) electrons. The van der Waals surface area contributed by atoms with Gasteiger partial charge in [0.25, 0.3) is 0 Å². The molecular formula is C26H31F4N3O. The Morgan fingerprint density at radius 2 is 1.97 bits per heavy atom. The standard InChI is InChI=1S/C26H31F4N3O/c1-4-5-18(26(28,29)30)12-13-32(3)24(34)22-11-6-19-14-23-17(15-25(19,22)2)16-31-33(23)21-9-7-20(27)8-10-21/h7-10,14,16,18,22H,4-6,11-13,15H2,1-3H3/t18?,22?,25-/m0/s1. The fourth-order valence-electron chi connectivity index (χ4n) is 5.57. The number of carbonyl (C=O) groups excluding carboxylic acids is 1. The van der Waals surface area contributed by atoms with Gasteiger partial charge in [0, 0.05) is 24.9 Å². The maximum absolute atomic E-state index is 13.4. The monoisotopic (exact) mass is 477 g/mol. The number of hydrogen-bond acceptors (Lipinski definition) is 2. The van der Waals surface area contributed by atoms with E-state index >= 15 is 0 Å². The van der Waals surface area contributed by atoms with E-state index < -0.39 is 12.1 Å². The average molecular weight is 478 g/mol. The number of hydrogen-bond donors (Lipinski definition) is 0. The van der Waals surface area contributed by atoms with Crippen LogP contribution in [0, 0.1) is 23.1 Å². The van der Waals surface area contributed by atoms with Gasteiger partial charge in [-0.2, -0.15) is 18.3 Å². The molecule has 1 saturated carbocycles. The normalized spacial score (nSPS) is 22.7. The van der Waals surface area contributed by atoms with Gasteiger partial charge in [0.15, 0.2) is 0 Å². The molecule has 2 aliphatic rings. The number of amides is 1. The first kappa shape index (κ1) is 24.5. The molecule has 8 heteroatoms. The highest BCUT2D eigenvalue weighted by Gasteiger charge is 2.49. The van der Waals surface area contributed by atoms with E-state index in [1.54, 1.807) is 37.0 Å². The summed E-state index contributed by atoms with van der Waals surface area (Å²) in [6, 6.07) is 6.15. The van der Waals surface area contributed by atoms with Crippen LogP contribution in [0.5, 0.6) is 0 Å². The molecule has 0 N–H and O–H groups in total. The molecule has 2 unspecified atom stereocenters. The summed E-state index contributed by atoms with van der Waals surface area (Å²) >= 11 is 0. The molecule has 4 nitrogen and oxygen atoms in total. The van der Waals surface area contributed by atoms with Crippen LogP contribution in [0.3, 0.4) is 0 Å². The molecule has 1 aromatic carbocycles. The van der Waals surface area contributed by atoms with Gasteiger partial charge in [0.05, 0.1) is 23.5 Å². The van der Waals surface area contributed by atoms with Gasteiger partial charge in [-0.25, -0.2) is 9.07 Å². The minimum atomic E-state index is -4.24. The minimum absolute atomic E-state index is 0.0691. The van der Waals surface area contributed by atoms with Crippen LogP contribution < -0.4 is 0 Å². The number of halogens is 4. The maximum atomic E-state index is 13.4. The SMILES string of the molecule is CCCC(CCN(C)C(=O)C1CCC2=Cc3c(cnn3-c3ccc(F)cc3)C[C@@]21C)C(F)(F)F. The van der Waals surface area contributed by atoms with Crippen molar-refractivity contribution in [2.24, 2.45) is 17.3 Å². The third-order valence-corrected chi connectivity index (χ3v) is 7.62.